The van der Waals surface area contributed by atoms with Crippen molar-refractivity contribution in [1.82, 2.24) is 9.78 Å². The van der Waals surface area contributed by atoms with Gasteiger partial charge in [-0.05, 0) is 47.5 Å². The van der Waals surface area contributed by atoms with E-state index in [1.807, 2.05) is 0 Å². The predicted octanol–water partition coefficient (Wildman–Crippen LogP) is 4.31. The van der Waals surface area contributed by atoms with Crippen LogP contribution >= 0.6 is 0 Å². The van der Waals surface area contributed by atoms with E-state index in [1.165, 1.54) is 66.9 Å². The van der Waals surface area contributed by atoms with Crippen molar-refractivity contribution in [2.24, 2.45) is 0 Å². The van der Waals surface area contributed by atoms with Gasteiger partial charge in [0.1, 0.15) is 11.5 Å². The van der Waals surface area contributed by atoms with Crippen LogP contribution < -0.4 is 5.56 Å². The molecular weight excluding hydrogens is 453 g/mol. The largest absolute Gasteiger partial charge is 0.275 e. The second-order valence-electron chi connectivity index (χ2n) is 7.43. The molecule has 5 nitrogen and oxygen atoms in total. The Labute approximate surface area is 187 Å². The Hall–Kier alpha value is -3.72. The molecule has 0 fully saturated rings. The van der Waals surface area contributed by atoms with Crippen molar-refractivity contribution < 1.29 is 21.6 Å². The molecule has 0 amide bonds. The fourth-order valence-electron chi connectivity index (χ4n) is 3.42. The molecule has 3 aromatic carbocycles. The van der Waals surface area contributed by atoms with Crippen LogP contribution in [0, 0.1) is 17.5 Å². The van der Waals surface area contributed by atoms with E-state index in [-0.39, 0.29) is 22.6 Å². The molecule has 0 radical (unpaired) electrons. The molecule has 1 aromatic heterocycles. The summed E-state index contributed by atoms with van der Waals surface area (Å²) in [4.78, 5) is 13.5. The lowest BCUT2D eigenvalue weighted by molar-refractivity contribution is 0.499. The van der Waals surface area contributed by atoms with Gasteiger partial charge in [-0.3, -0.25) is 4.79 Å². The van der Waals surface area contributed by atoms with Crippen LogP contribution in [-0.4, -0.2) is 24.5 Å². The Morgan fingerprint density at radius 1 is 0.909 bits per heavy atom. The molecule has 4 aromatic rings. The lowest BCUT2D eigenvalue weighted by Crippen LogP contribution is -2.26. The van der Waals surface area contributed by atoms with Crippen molar-refractivity contribution in [1.29, 1.82) is 0 Å². The Bertz CT molecular complexity index is 1500. The van der Waals surface area contributed by atoms with Crippen LogP contribution in [0.15, 0.2) is 82.6 Å². The molecule has 33 heavy (non-hydrogen) atoms. The number of hydrogen-bond donors (Lipinski definition) is 0. The minimum atomic E-state index is -3.42. The van der Waals surface area contributed by atoms with Crippen molar-refractivity contribution in [2.45, 2.75) is 11.3 Å². The molecule has 168 valence electrons. The van der Waals surface area contributed by atoms with E-state index < -0.39 is 32.8 Å². The van der Waals surface area contributed by atoms with Crippen LogP contribution in [0.3, 0.4) is 0 Å². The third-order valence-corrected chi connectivity index (χ3v) is 6.25. The number of aromatic nitrogens is 2. The zero-order valence-electron chi connectivity index (χ0n) is 17.3. The van der Waals surface area contributed by atoms with Gasteiger partial charge in [-0.25, -0.2) is 21.6 Å². The zero-order valence-corrected chi connectivity index (χ0v) is 18.1. The van der Waals surface area contributed by atoms with E-state index in [9.17, 15) is 26.4 Å². The number of nitrogens with zero attached hydrogens (tertiary/aromatic N) is 2. The summed E-state index contributed by atoms with van der Waals surface area (Å²) in [6.45, 7) is 0. The third kappa shape index (κ3) is 4.58. The van der Waals surface area contributed by atoms with Gasteiger partial charge in [0.15, 0.2) is 21.5 Å². The second-order valence-corrected chi connectivity index (χ2v) is 9.44. The summed E-state index contributed by atoms with van der Waals surface area (Å²) in [7, 11) is -3.42. The molecule has 0 spiro atoms. The molecular formula is C24H17F3N2O3S. The van der Waals surface area contributed by atoms with Gasteiger partial charge in [0, 0.05) is 23.8 Å². The molecule has 0 aliphatic heterocycles. The van der Waals surface area contributed by atoms with Crippen molar-refractivity contribution in [3.05, 3.63) is 112 Å². The maximum absolute atomic E-state index is 14.4. The number of hydrogen-bond acceptors (Lipinski definition) is 4. The average Bonchev–Trinajstić information content (AvgIpc) is 2.78. The molecule has 9 heteroatoms. The molecule has 0 aliphatic carbocycles. The summed E-state index contributed by atoms with van der Waals surface area (Å²) < 4.78 is 65.8. The summed E-state index contributed by atoms with van der Waals surface area (Å²) in [5.74, 6) is -2.78. The summed E-state index contributed by atoms with van der Waals surface area (Å²) in [5, 5.41) is 4.03. The predicted molar refractivity (Wildman–Crippen MR) is 118 cm³/mol. The maximum atomic E-state index is 14.4. The molecule has 1 heterocycles. The van der Waals surface area contributed by atoms with Gasteiger partial charge in [0.25, 0.3) is 5.56 Å². The van der Waals surface area contributed by atoms with Gasteiger partial charge in [-0.1, -0.05) is 30.3 Å². The SMILES string of the molecule is CS(=O)(=O)c1ccc(-c2cnn(-c3cccc(F)c3F)c(=O)c2Cc2ccc(F)cc2)cc1. The average molecular weight is 470 g/mol. The highest BCUT2D eigenvalue weighted by Crippen LogP contribution is 2.25. The Morgan fingerprint density at radius 2 is 1.58 bits per heavy atom. The third-order valence-electron chi connectivity index (χ3n) is 5.12. The smallest absolute Gasteiger partial charge is 0.267 e. The van der Waals surface area contributed by atoms with Crippen LogP contribution in [0.5, 0.6) is 0 Å². The summed E-state index contributed by atoms with van der Waals surface area (Å²) in [6.07, 6.45) is 2.47. The van der Waals surface area contributed by atoms with Gasteiger partial charge in [-0.15, -0.1) is 0 Å². The molecule has 0 saturated heterocycles. The monoisotopic (exact) mass is 470 g/mol. The van der Waals surface area contributed by atoms with Crippen molar-refractivity contribution >= 4 is 9.84 Å². The second kappa shape index (κ2) is 8.67. The van der Waals surface area contributed by atoms with Crippen LogP contribution in [0.1, 0.15) is 11.1 Å². The maximum Gasteiger partial charge on any atom is 0.275 e. The number of rotatable bonds is 5. The van der Waals surface area contributed by atoms with Crippen LogP contribution in [-0.2, 0) is 16.3 Å². The Balaban J connectivity index is 1.91. The molecule has 0 bridgehead atoms. The van der Waals surface area contributed by atoms with Gasteiger partial charge < -0.3 is 0 Å². The number of benzene rings is 3. The summed E-state index contributed by atoms with van der Waals surface area (Å²) >= 11 is 0. The van der Waals surface area contributed by atoms with Crippen LogP contribution in [0.2, 0.25) is 0 Å². The van der Waals surface area contributed by atoms with E-state index >= 15 is 0 Å². The van der Waals surface area contributed by atoms with Crippen molar-refractivity contribution in [3.8, 4) is 16.8 Å². The Morgan fingerprint density at radius 3 is 2.21 bits per heavy atom. The van der Waals surface area contributed by atoms with Gasteiger partial charge in [0.2, 0.25) is 0 Å². The quantitative estimate of drug-likeness (QED) is 0.436. The highest BCUT2D eigenvalue weighted by Gasteiger charge is 2.18. The summed E-state index contributed by atoms with van der Waals surface area (Å²) in [6, 6.07) is 14.8. The first-order valence-corrected chi connectivity index (χ1v) is 11.6. The minimum absolute atomic E-state index is 0.0573. The van der Waals surface area contributed by atoms with Crippen molar-refractivity contribution in [3.63, 3.8) is 0 Å². The normalized spacial score (nSPS) is 11.5. The van der Waals surface area contributed by atoms with E-state index in [1.54, 1.807) is 0 Å². The number of halogens is 3. The fraction of sp³-hybridized carbons (Fsp3) is 0.0833. The topological polar surface area (TPSA) is 69.0 Å². The molecule has 4 rings (SSSR count). The van der Waals surface area contributed by atoms with Crippen molar-refractivity contribution in [2.75, 3.05) is 6.26 Å². The molecule has 0 aliphatic rings. The first-order chi connectivity index (χ1) is 15.6. The summed E-state index contributed by atoms with van der Waals surface area (Å²) in [5.41, 5.74) is 0.675. The van der Waals surface area contributed by atoms with Gasteiger partial charge >= 0.3 is 0 Å². The fourth-order valence-corrected chi connectivity index (χ4v) is 4.05. The van der Waals surface area contributed by atoms with E-state index in [2.05, 4.69) is 5.10 Å². The zero-order chi connectivity index (χ0) is 23.8. The first kappa shape index (κ1) is 22.5. The minimum Gasteiger partial charge on any atom is -0.267 e. The lowest BCUT2D eigenvalue weighted by atomic mass is 9.97. The lowest BCUT2D eigenvalue weighted by Gasteiger charge is -2.13. The van der Waals surface area contributed by atoms with E-state index in [4.69, 9.17) is 0 Å². The highest BCUT2D eigenvalue weighted by atomic mass is 32.2. The highest BCUT2D eigenvalue weighted by molar-refractivity contribution is 7.90. The molecule has 0 unspecified atom stereocenters. The Kier molecular flexibility index (Phi) is 5.90. The van der Waals surface area contributed by atoms with E-state index in [0.29, 0.717) is 16.7 Å². The molecule has 0 atom stereocenters. The van der Waals surface area contributed by atoms with Gasteiger partial charge in [-0.2, -0.15) is 9.78 Å². The van der Waals surface area contributed by atoms with Gasteiger partial charge in [0.05, 0.1) is 11.1 Å². The molecule has 0 N–H and O–H groups in total. The first-order valence-electron chi connectivity index (χ1n) is 9.75. The van der Waals surface area contributed by atoms with Crippen LogP contribution in [0.25, 0.3) is 16.8 Å². The van der Waals surface area contributed by atoms with E-state index in [0.717, 1.165) is 17.0 Å². The van der Waals surface area contributed by atoms with Crippen LogP contribution in [0.4, 0.5) is 13.2 Å². The standard InChI is InChI=1S/C24H17F3N2O3S/c1-33(31,32)18-11-7-16(8-12-18)20-14-28-29(22-4-2-3-21(26)23(22)27)24(30)19(20)13-15-5-9-17(25)10-6-15/h2-12,14H,13H2,1H3. The number of sulfone groups is 1. The molecule has 0 saturated carbocycles.